The van der Waals surface area contributed by atoms with Crippen molar-refractivity contribution in [3.8, 4) is 0 Å². The summed E-state index contributed by atoms with van der Waals surface area (Å²) in [5, 5.41) is 2.97. The first-order valence-corrected chi connectivity index (χ1v) is 6.36. The molecule has 0 aliphatic heterocycles. The molecule has 0 aliphatic rings. The van der Waals surface area contributed by atoms with Crippen LogP contribution < -0.4 is 5.32 Å². The van der Waals surface area contributed by atoms with Crippen LogP contribution in [0.4, 0.5) is 24.5 Å². The monoisotopic (exact) mass is 329 g/mol. The summed E-state index contributed by atoms with van der Waals surface area (Å²) in [6.45, 7) is 1.94. The zero-order chi connectivity index (χ0) is 14.0. The number of hydrogen-bond donors (Lipinski definition) is 1. The number of anilines is 2. The Balaban J connectivity index is 2.29. The summed E-state index contributed by atoms with van der Waals surface area (Å²) >= 11 is 3.38. The first-order valence-electron chi connectivity index (χ1n) is 5.57. The van der Waals surface area contributed by atoms with Crippen molar-refractivity contribution >= 4 is 27.3 Å². The Morgan fingerprint density at radius 2 is 1.79 bits per heavy atom. The molecule has 0 aromatic heterocycles. The molecule has 5 heteroatoms. The van der Waals surface area contributed by atoms with Crippen LogP contribution in [-0.4, -0.2) is 0 Å². The van der Waals surface area contributed by atoms with Crippen molar-refractivity contribution in [2.75, 3.05) is 5.32 Å². The fourth-order valence-electron chi connectivity index (χ4n) is 1.65. The number of benzene rings is 2. The molecule has 0 fully saturated rings. The van der Waals surface area contributed by atoms with Crippen LogP contribution >= 0.6 is 15.9 Å². The molecule has 2 aromatic rings. The van der Waals surface area contributed by atoms with Gasteiger partial charge in [0.05, 0.1) is 11.3 Å². The maximum atomic E-state index is 12.6. The minimum atomic E-state index is -4.33. The van der Waals surface area contributed by atoms with Gasteiger partial charge in [0.25, 0.3) is 0 Å². The molecule has 2 aromatic carbocycles. The third kappa shape index (κ3) is 3.50. The molecular weight excluding hydrogens is 319 g/mol. The van der Waals surface area contributed by atoms with Gasteiger partial charge < -0.3 is 5.32 Å². The van der Waals surface area contributed by atoms with E-state index in [4.69, 9.17) is 0 Å². The fourth-order valence-corrected chi connectivity index (χ4v) is 2.24. The highest BCUT2D eigenvalue weighted by Gasteiger charge is 2.30. The zero-order valence-corrected chi connectivity index (χ0v) is 11.6. The predicted octanol–water partition coefficient (Wildman–Crippen LogP) is 5.52. The molecule has 0 heterocycles. The van der Waals surface area contributed by atoms with Crippen LogP contribution in [0.5, 0.6) is 0 Å². The van der Waals surface area contributed by atoms with Crippen LogP contribution in [0.2, 0.25) is 0 Å². The number of alkyl halides is 3. The van der Waals surface area contributed by atoms with Crippen LogP contribution in [0, 0.1) is 6.92 Å². The molecule has 0 spiro atoms. The lowest BCUT2D eigenvalue weighted by Gasteiger charge is -2.12. The summed E-state index contributed by atoms with van der Waals surface area (Å²) in [5.41, 5.74) is 1.53. The molecule has 0 atom stereocenters. The summed E-state index contributed by atoms with van der Waals surface area (Å²) in [5.74, 6) is 0. The van der Waals surface area contributed by atoms with E-state index in [1.807, 2.05) is 25.1 Å². The van der Waals surface area contributed by atoms with Crippen LogP contribution in [0.1, 0.15) is 11.1 Å². The summed E-state index contributed by atoms with van der Waals surface area (Å²) in [6, 6.07) is 10.7. The lowest BCUT2D eigenvalue weighted by atomic mass is 10.2. The highest BCUT2D eigenvalue weighted by molar-refractivity contribution is 9.10. The van der Waals surface area contributed by atoms with E-state index in [0.717, 1.165) is 27.9 Å². The number of nitrogens with one attached hydrogen (secondary N) is 1. The molecule has 100 valence electrons. The zero-order valence-electron chi connectivity index (χ0n) is 10.1. The molecule has 0 amide bonds. The Kier molecular flexibility index (Phi) is 3.85. The lowest BCUT2D eigenvalue weighted by Crippen LogP contribution is -2.05. The number of rotatable bonds is 2. The standard InChI is InChI=1S/C14H11BrF3N/c1-9-5-6-13(12(15)7-9)19-11-4-2-3-10(8-11)14(16,17)18/h2-8,19H,1H3. The summed E-state index contributed by atoms with van der Waals surface area (Å²) < 4.78 is 38.6. The van der Waals surface area contributed by atoms with E-state index in [1.54, 1.807) is 6.07 Å². The van der Waals surface area contributed by atoms with Crippen LogP contribution in [-0.2, 0) is 6.18 Å². The second kappa shape index (κ2) is 5.25. The van der Waals surface area contributed by atoms with Crippen molar-refractivity contribution in [3.05, 3.63) is 58.1 Å². The normalized spacial score (nSPS) is 11.4. The first-order chi connectivity index (χ1) is 8.86. The maximum absolute atomic E-state index is 12.6. The molecule has 0 bridgehead atoms. The summed E-state index contributed by atoms with van der Waals surface area (Å²) in [7, 11) is 0. The molecule has 0 unspecified atom stereocenters. The van der Waals surface area contributed by atoms with Gasteiger partial charge in [0.1, 0.15) is 0 Å². The largest absolute Gasteiger partial charge is 0.416 e. The second-order valence-electron chi connectivity index (χ2n) is 4.19. The van der Waals surface area contributed by atoms with E-state index in [2.05, 4.69) is 21.2 Å². The minimum absolute atomic E-state index is 0.402. The van der Waals surface area contributed by atoms with Crippen molar-refractivity contribution in [3.63, 3.8) is 0 Å². The fraction of sp³-hybridized carbons (Fsp3) is 0.143. The molecule has 0 aliphatic carbocycles. The average molecular weight is 330 g/mol. The summed E-state index contributed by atoms with van der Waals surface area (Å²) in [4.78, 5) is 0. The Morgan fingerprint density at radius 1 is 1.05 bits per heavy atom. The van der Waals surface area contributed by atoms with Gasteiger partial charge in [0.15, 0.2) is 0 Å². The van der Waals surface area contributed by atoms with Crippen LogP contribution in [0.15, 0.2) is 46.9 Å². The number of aryl methyl sites for hydroxylation is 1. The van der Waals surface area contributed by atoms with E-state index in [-0.39, 0.29) is 0 Å². The van der Waals surface area contributed by atoms with Gasteiger partial charge in [-0.2, -0.15) is 13.2 Å². The van der Waals surface area contributed by atoms with E-state index in [1.165, 1.54) is 6.07 Å². The third-order valence-corrected chi connectivity index (χ3v) is 3.25. The Hall–Kier alpha value is -1.49. The minimum Gasteiger partial charge on any atom is -0.355 e. The van der Waals surface area contributed by atoms with Crippen LogP contribution in [0.3, 0.4) is 0 Å². The van der Waals surface area contributed by atoms with Gasteiger partial charge in [-0.15, -0.1) is 0 Å². The Labute approximate surface area is 117 Å². The second-order valence-corrected chi connectivity index (χ2v) is 5.04. The predicted molar refractivity (Wildman–Crippen MR) is 73.6 cm³/mol. The summed E-state index contributed by atoms with van der Waals surface area (Å²) in [6.07, 6.45) is -4.33. The third-order valence-electron chi connectivity index (χ3n) is 2.59. The highest BCUT2D eigenvalue weighted by atomic mass is 79.9. The molecular formula is C14H11BrF3N. The molecule has 1 nitrogen and oxygen atoms in total. The van der Waals surface area contributed by atoms with Crippen molar-refractivity contribution in [1.82, 2.24) is 0 Å². The Bertz CT molecular complexity index is 593. The molecule has 1 N–H and O–H groups in total. The van der Waals surface area contributed by atoms with E-state index < -0.39 is 11.7 Å². The van der Waals surface area contributed by atoms with E-state index in [0.29, 0.717) is 5.69 Å². The molecule has 2 rings (SSSR count). The van der Waals surface area contributed by atoms with Gasteiger partial charge in [-0.1, -0.05) is 12.1 Å². The van der Waals surface area contributed by atoms with Gasteiger partial charge in [0.2, 0.25) is 0 Å². The molecule has 0 radical (unpaired) electrons. The van der Waals surface area contributed by atoms with Crippen molar-refractivity contribution < 1.29 is 13.2 Å². The molecule has 0 saturated heterocycles. The van der Waals surface area contributed by atoms with Gasteiger partial charge in [-0.05, 0) is 58.7 Å². The quantitative estimate of drug-likeness (QED) is 0.764. The topological polar surface area (TPSA) is 12.0 Å². The smallest absolute Gasteiger partial charge is 0.355 e. The number of hydrogen-bond acceptors (Lipinski definition) is 1. The maximum Gasteiger partial charge on any atom is 0.416 e. The van der Waals surface area contributed by atoms with Gasteiger partial charge in [-0.3, -0.25) is 0 Å². The highest BCUT2D eigenvalue weighted by Crippen LogP contribution is 2.32. The van der Waals surface area contributed by atoms with Crippen molar-refractivity contribution in [2.24, 2.45) is 0 Å². The lowest BCUT2D eigenvalue weighted by molar-refractivity contribution is -0.137. The molecule has 19 heavy (non-hydrogen) atoms. The van der Waals surface area contributed by atoms with Crippen molar-refractivity contribution in [2.45, 2.75) is 13.1 Å². The van der Waals surface area contributed by atoms with Crippen LogP contribution in [0.25, 0.3) is 0 Å². The first kappa shape index (κ1) is 13.9. The molecule has 0 saturated carbocycles. The van der Waals surface area contributed by atoms with E-state index in [9.17, 15) is 13.2 Å². The number of halogens is 4. The average Bonchev–Trinajstić information content (AvgIpc) is 2.32. The van der Waals surface area contributed by atoms with E-state index >= 15 is 0 Å². The van der Waals surface area contributed by atoms with Gasteiger partial charge in [0, 0.05) is 10.2 Å². The van der Waals surface area contributed by atoms with Gasteiger partial charge in [-0.25, -0.2) is 0 Å². The Morgan fingerprint density at radius 3 is 2.42 bits per heavy atom. The van der Waals surface area contributed by atoms with Gasteiger partial charge >= 0.3 is 6.18 Å². The van der Waals surface area contributed by atoms with Crippen molar-refractivity contribution in [1.29, 1.82) is 0 Å². The SMILES string of the molecule is Cc1ccc(Nc2cccc(C(F)(F)F)c2)c(Br)c1.